The van der Waals surface area contributed by atoms with Gasteiger partial charge in [-0.2, -0.15) is 8.78 Å². The molecule has 0 fully saturated rings. The molecule has 0 spiro atoms. The largest absolute Gasteiger partial charge is 0.479 e. The number of ether oxygens (including phenoxy) is 1. The number of ketones is 1. The number of hydrogen-bond acceptors (Lipinski definition) is 3. The average molecular weight is 265 g/mol. The van der Waals surface area contributed by atoms with Crippen LogP contribution in [0.3, 0.4) is 0 Å². The van der Waals surface area contributed by atoms with Crippen molar-refractivity contribution < 1.29 is 27.1 Å². The van der Waals surface area contributed by atoms with Crippen LogP contribution in [0.1, 0.15) is 6.92 Å². The van der Waals surface area contributed by atoms with Crippen molar-refractivity contribution in [1.82, 2.24) is 5.32 Å². The Labute approximate surface area is 101 Å². The van der Waals surface area contributed by atoms with Gasteiger partial charge in [0.1, 0.15) is 6.61 Å². The topological polar surface area (TPSA) is 38.3 Å². The molecule has 0 aliphatic heterocycles. The highest BCUT2D eigenvalue weighted by Crippen LogP contribution is 2.26. The zero-order valence-electron chi connectivity index (χ0n) is 9.53. The van der Waals surface area contributed by atoms with Crippen molar-refractivity contribution in [2.75, 3.05) is 19.7 Å². The van der Waals surface area contributed by atoms with E-state index in [-0.39, 0.29) is 12.6 Å². The molecule has 1 rings (SSSR count). The summed E-state index contributed by atoms with van der Waals surface area (Å²) < 4.78 is 56.3. The van der Waals surface area contributed by atoms with Crippen LogP contribution < -0.4 is 10.1 Å². The van der Waals surface area contributed by atoms with Gasteiger partial charge in [0.15, 0.2) is 23.2 Å². The third-order valence-corrected chi connectivity index (χ3v) is 2.02. The molecule has 0 bridgehead atoms. The Morgan fingerprint density at radius 1 is 1.22 bits per heavy atom. The average Bonchev–Trinajstić information content (AvgIpc) is 2.34. The first kappa shape index (κ1) is 14.4. The molecule has 0 atom stereocenters. The molecular weight excluding hydrogens is 254 g/mol. The van der Waals surface area contributed by atoms with E-state index in [1.807, 2.05) is 0 Å². The van der Waals surface area contributed by atoms with Crippen LogP contribution in [0.15, 0.2) is 6.07 Å². The van der Waals surface area contributed by atoms with Crippen LogP contribution >= 0.6 is 0 Å². The molecule has 0 aliphatic carbocycles. The van der Waals surface area contributed by atoms with Crippen LogP contribution in [0.2, 0.25) is 0 Å². The molecule has 0 aliphatic rings. The summed E-state index contributed by atoms with van der Waals surface area (Å²) in [6.07, 6.45) is 0. The Hall–Kier alpha value is -1.63. The maximum absolute atomic E-state index is 13.1. The first-order chi connectivity index (χ1) is 8.47. The number of halogens is 4. The van der Waals surface area contributed by atoms with Crippen molar-refractivity contribution in [3.8, 4) is 5.75 Å². The van der Waals surface area contributed by atoms with Gasteiger partial charge in [0, 0.05) is 6.07 Å². The van der Waals surface area contributed by atoms with Crippen LogP contribution in [-0.4, -0.2) is 25.5 Å². The summed E-state index contributed by atoms with van der Waals surface area (Å²) in [5.74, 6) is -8.21. The second-order valence-electron chi connectivity index (χ2n) is 3.40. The highest BCUT2D eigenvalue weighted by atomic mass is 19.2. The summed E-state index contributed by atoms with van der Waals surface area (Å²) in [4.78, 5) is 11.1. The second kappa shape index (κ2) is 6.34. The highest BCUT2D eigenvalue weighted by molar-refractivity contribution is 5.81. The van der Waals surface area contributed by atoms with Gasteiger partial charge in [-0.15, -0.1) is 0 Å². The predicted octanol–water partition coefficient (Wildman–Crippen LogP) is 1.80. The SMILES string of the molecule is CCNCC(=O)COc1c(F)c(F)cc(F)c1F. The predicted molar refractivity (Wildman–Crippen MR) is 55.3 cm³/mol. The number of hydrogen-bond donors (Lipinski definition) is 1. The minimum atomic E-state index is -1.66. The minimum absolute atomic E-state index is 0.0580. The summed E-state index contributed by atoms with van der Waals surface area (Å²) in [7, 11) is 0. The van der Waals surface area contributed by atoms with Crippen molar-refractivity contribution in [2.24, 2.45) is 0 Å². The quantitative estimate of drug-likeness (QED) is 0.629. The van der Waals surface area contributed by atoms with Gasteiger partial charge < -0.3 is 10.1 Å². The number of carbonyl (C=O) groups excluding carboxylic acids is 1. The number of likely N-dealkylation sites (N-methyl/N-ethyl adjacent to an activating group) is 1. The lowest BCUT2D eigenvalue weighted by molar-refractivity contribution is -0.120. The van der Waals surface area contributed by atoms with Crippen molar-refractivity contribution in [3.63, 3.8) is 0 Å². The van der Waals surface area contributed by atoms with E-state index in [1.165, 1.54) is 0 Å². The van der Waals surface area contributed by atoms with Gasteiger partial charge >= 0.3 is 0 Å². The number of nitrogens with one attached hydrogen (secondary N) is 1. The highest BCUT2D eigenvalue weighted by Gasteiger charge is 2.21. The van der Waals surface area contributed by atoms with Gasteiger partial charge in [-0.05, 0) is 6.54 Å². The van der Waals surface area contributed by atoms with Gasteiger partial charge in [-0.3, -0.25) is 4.79 Å². The summed E-state index contributed by atoms with van der Waals surface area (Å²) in [6.45, 7) is 1.56. The molecule has 7 heteroatoms. The van der Waals surface area contributed by atoms with E-state index in [4.69, 9.17) is 0 Å². The number of rotatable bonds is 6. The lowest BCUT2D eigenvalue weighted by Gasteiger charge is -2.08. The first-order valence-corrected chi connectivity index (χ1v) is 5.15. The van der Waals surface area contributed by atoms with Gasteiger partial charge in [-0.1, -0.05) is 6.92 Å². The Morgan fingerprint density at radius 3 is 2.28 bits per heavy atom. The molecule has 0 unspecified atom stereocenters. The van der Waals surface area contributed by atoms with E-state index in [1.54, 1.807) is 6.92 Å². The van der Waals surface area contributed by atoms with Crippen molar-refractivity contribution >= 4 is 5.78 Å². The lowest BCUT2D eigenvalue weighted by Crippen LogP contribution is -2.27. The molecule has 0 amide bonds. The summed E-state index contributed by atoms with van der Waals surface area (Å²) in [5, 5.41) is 2.67. The van der Waals surface area contributed by atoms with Crippen LogP contribution in [0.25, 0.3) is 0 Å². The number of Topliss-reactive ketones (excluding diaryl/α,β-unsaturated/α-hetero) is 1. The maximum Gasteiger partial charge on any atom is 0.203 e. The summed E-state index contributed by atoms with van der Waals surface area (Å²) in [6, 6.07) is 0.0674. The zero-order valence-corrected chi connectivity index (χ0v) is 9.53. The molecule has 3 nitrogen and oxygen atoms in total. The zero-order chi connectivity index (χ0) is 13.7. The van der Waals surface area contributed by atoms with E-state index >= 15 is 0 Å². The fraction of sp³-hybridized carbons (Fsp3) is 0.364. The fourth-order valence-electron chi connectivity index (χ4n) is 1.15. The Balaban J connectivity index is 2.76. The molecule has 1 N–H and O–H groups in total. The summed E-state index contributed by atoms with van der Waals surface area (Å²) >= 11 is 0. The fourth-order valence-corrected chi connectivity index (χ4v) is 1.15. The van der Waals surface area contributed by atoms with E-state index in [0.717, 1.165) is 0 Å². The molecule has 18 heavy (non-hydrogen) atoms. The van der Waals surface area contributed by atoms with E-state index in [2.05, 4.69) is 10.1 Å². The van der Waals surface area contributed by atoms with Gasteiger partial charge in [-0.25, -0.2) is 8.78 Å². The Kier molecular flexibility index (Phi) is 5.08. The van der Waals surface area contributed by atoms with Crippen LogP contribution in [0.5, 0.6) is 5.75 Å². The molecule has 0 saturated heterocycles. The maximum atomic E-state index is 13.1. The third kappa shape index (κ3) is 3.43. The lowest BCUT2D eigenvalue weighted by atomic mass is 10.3. The van der Waals surface area contributed by atoms with Gasteiger partial charge in [0.2, 0.25) is 11.6 Å². The number of carbonyl (C=O) groups is 1. The molecule has 0 aromatic heterocycles. The molecular formula is C11H11F4NO2. The standard InChI is InChI=1S/C11H11F4NO2/c1-2-16-4-6(17)5-18-11-9(14)7(12)3-8(13)10(11)15/h3,16H,2,4-5H2,1H3. The third-order valence-electron chi connectivity index (χ3n) is 2.02. The van der Waals surface area contributed by atoms with Gasteiger partial charge in [0.05, 0.1) is 6.54 Å². The Morgan fingerprint density at radius 2 is 1.78 bits per heavy atom. The Bertz CT molecular complexity index is 425. The molecule has 0 saturated carbocycles. The van der Waals surface area contributed by atoms with Crippen molar-refractivity contribution in [1.29, 1.82) is 0 Å². The number of benzene rings is 1. The monoisotopic (exact) mass is 265 g/mol. The molecule has 1 aromatic carbocycles. The van der Waals surface area contributed by atoms with E-state index in [0.29, 0.717) is 6.54 Å². The first-order valence-electron chi connectivity index (χ1n) is 5.15. The van der Waals surface area contributed by atoms with Crippen LogP contribution in [0, 0.1) is 23.3 Å². The molecule has 1 aromatic rings. The molecule has 100 valence electrons. The van der Waals surface area contributed by atoms with Crippen molar-refractivity contribution in [3.05, 3.63) is 29.3 Å². The van der Waals surface area contributed by atoms with Crippen LogP contribution in [0.4, 0.5) is 17.6 Å². The minimum Gasteiger partial charge on any atom is -0.479 e. The van der Waals surface area contributed by atoms with Gasteiger partial charge in [0.25, 0.3) is 0 Å². The van der Waals surface area contributed by atoms with Crippen LogP contribution in [-0.2, 0) is 4.79 Å². The normalized spacial score (nSPS) is 10.5. The van der Waals surface area contributed by atoms with E-state index in [9.17, 15) is 22.4 Å². The van der Waals surface area contributed by atoms with Crippen molar-refractivity contribution in [2.45, 2.75) is 6.92 Å². The summed E-state index contributed by atoms with van der Waals surface area (Å²) in [5.41, 5.74) is 0. The second-order valence-corrected chi connectivity index (χ2v) is 3.40. The smallest absolute Gasteiger partial charge is 0.203 e. The molecule has 0 heterocycles. The molecule has 0 radical (unpaired) electrons. The van der Waals surface area contributed by atoms with E-state index < -0.39 is 41.4 Å².